The average Bonchev–Trinajstić information content (AvgIpc) is 3.01. The van der Waals surface area contributed by atoms with Crippen LogP contribution in [0.15, 0.2) is 17.0 Å². The van der Waals surface area contributed by atoms with E-state index in [-0.39, 0.29) is 0 Å². The molecule has 0 bridgehead atoms. The lowest BCUT2D eigenvalue weighted by atomic mass is 10.2. The Hall–Kier alpha value is -2.51. The van der Waals surface area contributed by atoms with Gasteiger partial charge in [0.1, 0.15) is 6.33 Å². The molecule has 0 spiro atoms. The lowest BCUT2D eigenvalue weighted by Crippen LogP contribution is -1.92. The van der Waals surface area contributed by atoms with Crippen molar-refractivity contribution in [3.8, 4) is 23.1 Å². The molecule has 0 radical (unpaired) electrons. The van der Waals surface area contributed by atoms with Gasteiger partial charge in [0.05, 0.1) is 11.8 Å². The zero-order valence-electron chi connectivity index (χ0n) is 9.25. The van der Waals surface area contributed by atoms with E-state index in [0.29, 0.717) is 17.5 Å². The maximum atomic E-state index is 5.17. The second-order valence-electron chi connectivity index (χ2n) is 3.52. The zero-order valence-corrected chi connectivity index (χ0v) is 9.25. The number of H-pyrrole nitrogens is 1. The number of aryl methyl sites for hydroxylation is 1. The summed E-state index contributed by atoms with van der Waals surface area (Å²) in [6, 6.07) is 0. The second kappa shape index (κ2) is 3.51. The fourth-order valence-electron chi connectivity index (χ4n) is 1.45. The lowest BCUT2D eigenvalue weighted by molar-refractivity contribution is 0.431. The fourth-order valence-corrected chi connectivity index (χ4v) is 1.45. The minimum atomic E-state index is 0.376. The van der Waals surface area contributed by atoms with E-state index in [4.69, 9.17) is 4.52 Å². The minimum Gasteiger partial charge on any atom is -0.333 e. The highest BCUT2D eigenvalue weighted by Crippen LogP contribution is 2.22. The molecule has 0 saturated carbocycles. The Bertz CT molecular complexity index is 636. The van der Waals surface area contributed by atoms with E-state index < -0.39 is 0 Å². The molecule has 3 aromatic rings. The largest absolute Gasteiger partial charge is 0.333 e. The molecule has 0 aliphatic rings. The van der Waals surface area contributed by atoms with E-state index in [2.05, 4.69) is 30.4 Å². The summed E-state index contributed by atoms with van der Waals surface area (Å²) in [4.78, 5) is 8.18. The molecule has 0 fully saturated rings. The highest BCUT2D eigenvalue weighted by molar-refractivity contribution is 5.57. The summed E-state index contributed by atoms with van der Waals surface area (Å²) in [5.74, 6) is 1.27. The molecule has 0 aliphatic heterocycles. The van der Waals surface area contributed by atoms with Gasteiger partial charge in [-0.15, -0.1) is 0 Å². The Morgan fingerprint density at radius 2 is 2.29 bits per heavy atom. The van der Waals surface area contributed by atoms with Crippen molar-refractivity contribution in [3.05, 3.63) is 18.2 Å². The number of hydrogen-bond donors (Lipinski definition) is 1. The van der Waals surface area contributed by atoms with Gasteiger partial charge in [-0.1, -0.05) is 5.16 Å². The van der Waals surface area contributed by atoms with Crippen molar-refractivity contribution >= 4 is 0 Å². The topological polar surface area (TPSA) is 98.3 Å². The molecule has 8 nitrogen and oxygen atoms in total. The molecule has 17 heavy (non-hydrogen) atoms. The number of aromatic amines is 1. The predicted octanol–water partition coefficient (Wildman–Crippen LogP) is 0.564. The highest BCUT2D eigenvalue weighted by Gasteiger charge is 2.16. The van der Waals surface area contributed by atoms with Gasteiger partial charge in [-0.05, 0) is 6.92 Å². The van der Waals surface area contributed by atoms with Crippen molar-refractivity contribution in [2.75, 3.05) is 0 Å². The van der Waals surface area contributed by atoms with Gasteiger partial charge in [-0.2, -0.15) is 15.2 Å². The van der Waals surface area contributed by atoms with Gasteiger partial charge in [0.15, 0.2) is 5.82 Å². The first-order valence-corrected chi connectivity index (χ1v) is 4.94. The van der Waals surface area contributed by atoms with Gasteiger partial charge in [0.25, 0.3) is 5.89 Å². The van der Waals surface area contributed by atoms with Crippen LogP contribution < -0.4 is 0 Å². The standard InChI is InChI=1S/C9H9N7O/c1-5-6(3-12-16(5)2)9-13-8(15-17-9)7-10-4-11-14-7/h3-4H,1-2H3,(H,10,11,14). The monoisotopic (exact) mass is 231 g/mol. The highest BCUT2D eigenvalue weighted by atomic mass is 16.5. The van der Waals surface area contributed by atoms with Crippen LogP contribution in [-0.4, -0.2) is 35.1 Å². The van der Waals surface area contributed by atoms with Crippen LogP contribution in [0, 0.1) is 6.92 Å². The third-order valence-corrected chi connectivity index (χ3v) is 2.52. The Balaban J connectivity index is 2.04. The summed E-state index contributed by atoms with van der Waals surface area (Å²) in [7, 11) is 1.85. The van der Waals surface area contributed by atoms with Gasteiger partial charge < -0.3 is 4.52 Å². The van der Waals surface area contributed by atoms with Gasteiger partial charge in [-0.25, -0.2) is 4.98 Å². The normalized spacial score (nSPS) is 10.9. The van der Waals surface area contributed by atoms with Gasteiger partial charge in [0.2, 0.25) is 5.82 Å². The number of rotatable bonds is 2. The number of hydrogen-bond acceptors (Lipinski definition) is 6. The molecular weight excluding hydrogens is 222 g/mol. The number of aromatic nitrogens is 7. The van der Waals surface area contributed by atoms with Crippen LogP contribution in [-0.2, 0) is 7.05 Å². The first-order chi connectivity index (χ1) is 8.25. The van der Waals surface area contributed by atoms with Crippen molar-refractivity contribution < 1.29 is 4.52 Å². The van der Waals surface area contributed by atoms with Crippen LogP contribution >= 0.6 is 0 Å². The molecule has 1 N–H and O–H groups in total. The predicted molar refractivity (Wildman–Crippen MR) is 56.6 cm³/mol. The van der Waals surface area contributed by atoms with Crippen molar-refractivity contribution in [2.24, 2.45) is 7.05 Å². The third kappa shape index (κ3) is 1.50. The van der Waals surface area contributed by atoms with Crippen LogP contribution in [0.1, 0.15) is 5.69 Å². The van der Waals surface area contributed by atoms with E-state index in [1.807, 2.05) is 14.0 Å². The molecular formula is C9H9N7O. The van der Waals surface area contributed by atoms with Crippen LogP contribution in [0.5, 0.6) is 0 Å². The van der Waals surface area contributed by atoms with Crippen molar-refractivity contribution in [3.63, 3.8) is 0 Å². The molecule has 3 aromatic heterocycles. The molecule has 0 unspecified atom stereocenters. The quantitative estimate of drug-likeness (QED) is 0.692. The number of nitrogens with zero attached hydrogens (tertiary/aromatic N) is 6. The Morgan fingerprint density at radius 3 is 2.94 bits per heavy atom. The summed E-state index contributed by atoms with van der Waals surface area (Å²) < 4.78 is 6.91. The maximum absolute atomic E-state index is 5.17. The summed E-state index contributed by atoms with van der Waals surface area (Å²) in [6.07, 6.45) is 3.08. The van der Waals surface area contributed by atoms with E-state index in [9.17, 15) is 0 Å². The van der Waals surface area contributed by atoms with Gasteiger partial charge in [0, 0.05) is 12.7 Å². The molecule has 0 atom stereocenters. The van der Waals surface area contributed by atoms with E-state index >= 15 is 0 Å². The lowest BCUT2D eigenvalue weighted by Gasteiger charge is -1.93. The van der Waals surface area contributed by atoms with Crippen LogP contribution in [0.3, 0.4) is 0 Å². The van der Waals surface area contributed by atoms with Crippen LogP contribution in [0.25, 0.3) is 23.1 Å². The van der Waals surface area contributed by atoms with Gasteiger partial charge in [-0.3, -0.25) is 9.78 Å². The SMILES string of the molecule is Cc1c(-c2nc(-c3ncn[nH]3)no2)cnn1C. The van der Waals surface area contributed by atoms with E-state index in [0.717, 1.165) is 11.3 Å². The van der Waals surface area contributed by atoms with E-state index in [1.54, 1.807) is 10.9 Å². The second-order valence-corrected chi connectivity index (χ2v) is 3.52. The molecule has 0 amide bonds. The third-order valence-electron chi connectivity index (χ3n) is 2.52. The first kappa shape index (κ1) is 9.70. The molecule has 0 saturated heterocycles. The molecule has 3 rings (SSSR count). The van der Waals surface area contributed by atoms with Crippen molar-refractivity contribution in [1.29, 1.82) is 0 Å². The molecule has 8 heteroatoms. The molecule has 3 heterocycles. The minimum absolute atomic E-state index is 0.376. The van der Waals surface area contributed by atoms with Crippen LogP contribution in [0.2, 0.25) is 0 Å². The average molecular weight is 231 g/mol. The van der Waals surface area contributed by atoms with E-state index in [1.165, 1.54) is 6.33 Å². The number of nitrogens with one attached hydrogen (secondary N) is 1. The fraction of sp³-hybridized carbons (Fsp3) is 0.222. The maximum Gasteiger partial charge on any atom is 0.261 e. The molecule has 0 aromatic carbocycles. The molecule has 86 valence electrons. The summed E-state index contributed by atoms with van der Waals surface area (Å²) >= 11 is 0. The first-order valence-electron chi connectivity index (χ1n) is 4.94. The summed E-state index contributed by atoms with van der Waals surface area (Å²) in [5, 5.41) is 14.3. The Morgan fingerprint density at radius 1 is 1.41 bits per heavy atom. The van der Waals surface area contributed by atoms with Gasteiger partial charge >= 0.3 is 0 Å². The smallest absolute Gasteiger partial charge is 0.261 e. The summed E-state index contributed by atoms with van der Waals surface area (Å²) in [5.41, 5.74) is 1.77. The zero-order chi connectivity index (χ0) is 11.8. The summed E-state index contributed by atoms with van der Waals surface area (Å²) in [6.45, 7) is 1.93. The van der Waals surface area contributed by atoms with Crippen molar-refractivity contribution in [1.82, 2.24) is 35.1 Å². The Labute approximate surface area is 95.7 Å². The Kier molecular flexibility index (Phi) is 2.00. The van der Waals surface area contributed by atoms with Crippen LogP contribution in [0.4, 0.5) is 0 Å². The van der Waals surface area contributed by atoms with Crippen molar-refractivity contribution in [2.45, 2.75) is 6.92 Å². The molecule has 0 aliphatic carbocycles.